The minimum Gasteiger partial charge on any atom is -0.446 e. The molecule has 3 aliphatic rings. The van der Waals surface area contributed by atoms with Gasteiger partial charge in [-0.15, -0.1) is 0 Å². The van der Waals surface area contributed by atoms with Crippen molar-refractivity contribution in [2.45, 2.75) is 65.0 Å². The van der Waals surface area contributed by atoms with Crippen molar-refractivity contribution in [3.63, 3.8) is 0 Å². The number of ether oxygens (including phenoxy) is 1. The molecular formula is C25H34N4O2. The standard InChI is InChI=1S/C25H34N4O2/c1-4-19(3)31-24(30)27-11-9-25(10-12-27)16-28(17-25)23-8-5-20-13-21(6-7-22(20)23)29-15-18(2)14-26-29/h6-7,13-15,19,23H,4-5,8-12,16-17H2,1-3H3/t19?,23-/m1/s1. The van der Waals surface area contributed by atoms with Crippen LogP contribution in [-0.2, 0) is 11.2 Å². The van der Waals surface area contributed by atoms with E-state index in [9.17, 15) is 4.79 Å². The molecule has 2 aromatic rings. The average molecular weight is 423 g/mol. The van der Waals surface area contributed by atoms with Crippen LogP contribution in [0.2, 0.25) is 0 Å². The predicted molar refractivity (Wildman–Crippen MR) is 120 cm³/mol. The van der Waals surface area contributed by atoms with Gasteiger partial charge in [0.15, 0.2) is 0 Å². The van der Waals surface area contributed by atoms with E-state index >= 15 is 0 Å². The number of hydrogen-bond acceptors (Lipinski definition) is 4. The Kier molecular flexibility index (Phi) is 5.29. The molecule has 2 saturated heterocycles. The van der Waals surface area contributed by atoms with Crippen LogP contribution in [0.15, 0.2) is 30.6 Å². The van der Waals surface area contributed by atoms with E-state index < -0.39 is 0 Å². The van der Waals surface area contributed by atoms with Crippen molar-refractivity contribution >= 4 is 6.09 Å². The summed E-state index contributed by atoms with van der Waals surface area (Å²) in [5.74, 6) is 0. The fourth-order valence-corrected chi connectivity index (χ4v) is 5.50. The summed E-state index contributed by atoms with van der Waals surface area (Å²) in [4.78, 5) is 16.9. The molecule has 1 amide bonds. The molecule has 1 aliphatic carbocycles. The average Bonchev–Trinajstić information content (AvgIpc) is 3.37. The van der Waals surface area contributed by atoms with E-state index in [0.717, 1.165) is 57.5 Å². The third-order valence-electron chi connectivity index (χ3n) is 7.63. The fraction of sp³-hybridized carbons (Fsp3) is 0.600. The largest absolute Gasteiger partial charge is 0.446 e. The van der Waals surface area contributed by atoms with Crippen LogP contribution in [0.3, 0.4) is 0 Å². The quantitative estimate of drug-likeness (QED) is 0.728. The summed E-state index contributed by atoms with van der Waals surface area (Å²) >= 11 is 0. The molecule has 3 heterocycles. The molecule has 1 spiro atoms. The summed E-state index contributed by atoms with van der Waals surface area (Å²) in [7, 11) is 0. The third kappa shape index (κ3) is 3.86. The summed E-state index contributed by atoms with van der Waals surface area (Å²) in [5.41, 5.74) is 5.70. The molecule has 0 N–H and O–H groups in total. The lowest BCUT2D eigenvalue weighted by atomic mass is 9.71. The smallest absolute Gasteiger partial charge is 0.410 e. The number of aromatic nitrogens is 2. The molecule has 0 radical (unpaired) electrons. The van der Waals surface area contributed by atoms with E-state index in [0.29, 0.717) is 11.5 Å². The summed E-state index contributed by atoms with van der Waals surface area (Å²) in [6, 6.07) is 7.39. The number of carbonyl (C=O) groups is 1. The number of likely N-dealkylation sites (tertiary alicyclic amines) is 2. The molecule has 6 heteroatoms. The van der Waals surface area contributed by atoms with E-state index in [2.05, 4.69) is 41.3 Å². The summed E-state index contributed by atoms with van der Waals surface area (Å²) < 4.78 is 7.49. The molecular weight excluding hydrogens is 388 g/mol. The van der Waals surface area contributed by atoms with Gasteiger partial charge in [0.05, 0.1) is 11.9 Å². The van der Waals surface area contributed by atoms with Gasteiger partial charge >= 0.3 is 6.09 Å². The van der Waals surface area contributed by atoms with Gasteiger partial charge in [-0.25, -0.2) is 9.48 Å². The van der Waals surface area contributed by atoms with Gasteiger partial charge in [0, 0.05) is 38.4 Å². The normalized spacial score (nSPS) is 23.5. The number of hydrogen-bond donors (Lipinski definition) is 0. The van der Waals surface area contributed by atoms with Crippen molar-refractivity contribution in [3.8, 4) is 5.69 Å². The predicted octanol–water partition coefficient (Wildman–Crippen LogP) is 4.50. The zero-order valence-electron chi connectivity index (χ0n) is 19.0. The highest BCUT2D eigenvalue weighted by Crippen LogP contribution is 2.47. The van der Waals surface area contributed by atoms with Crippen molar-refractivity contribution in [3.05, 3.63) is 47.3 Å². The first-order valence-electron chi connectivity index (χ1n) is 11.8. The van der Waals surface area contributed by atoms with Gasteiger partial charge in [-0.05, 0) is 80.2 Å². The van der Waals surface area contributed by atoms with Crippen LogP contribution in [0.1, 0.15) is 62.3 Å². The number of piperidine rings is 1. The number of aryl methyl sites for hydroxylation is 2. The molecule has 1 aromatic carbocycles. The van der Waals surface area contributed by atoms with Gasteiger partial charge in [0.25, 0.3) is 0 Å². The van der Waals surface area contributed by atoms with Crippen molar-refractivity contribution in [2.24, 2.45) is 5.41 Å². The minimum atomic E-state index is -0.131. The van der Waals surface area contributed by atoms with E-state index in [1.807, 2.05) is 29.6 Å². The first-order valence-corrected chi connectivity index (χ1v) is 11.8. The molecule has 31 heavy (non-hydrogen) atoms. The zero-order chi connectivity index (χ0) is 21.6. The molecule has 6 nitrogen and oxygen atoms in total. The van der Waals surface area contributed by atoms with Crippen molar-refractivity contribution in [1.82, 2.24) is 19.6 Å². The van der Waals surface area contributed by atoms with Gasteiger partial charge in [-0.3, -0.25) is 4.90 Å². The maximum absolute atomic E-state index is 12.3. The molecule has 0 saturated carbocycles. The Morgan fingerprint density at radius 1 is 1.29 bits per heavy atom. The highest BCUT2D eigenvalue weighted by atomic mass is 16.6. The summed E-state index contributed by atoms with van der Waals surface area (Å²) in [6.07, 6.45) is 9.27. The van der Waals surface area contributed by atoms with E-state index in [4.69, 9.17) is 4.74 Å². The van der Waals surface area contributed by atoms with Crippen molar-refractivity contribution in [2.75, 3.05) is 26.2 Å². The van der Waals surface area contributed by atoms with Crippen molar-refractivity contribution in [1.29, 1.82) is 0 Å². The van der Waals surface area contributed by atoms with Crippen LogP contribution < -0.4 is 0 Å². The monoisotopic (exact) mass is 422 g/mol. The van der Waals surface area contributed by atoms with Gasteiger partial charge in [-0.1, -0.05) is 13.0 Å². The number of amides is 1. The Morgan fingerprint density at radius 3 is 2.74 bits per heavy atom. The molecule has 1 unspecified atom stereocenters. The Balaban J connectivity index is 1.18. The van der Waals surface area contributed by atoms with Crippen LogP contribution >= 0.6 is 0 Å². The lowest BCUT2D eigenvalue weighted by molar-refractivity contribution is -0.0691. The SMILES string of the molecule is CCC(C)OC(=O)N1CCC2(CC1)CN([C@@H]1CCc3cc(-n4cc(C)cn4)ccc31)C2. The maximum Gasteiger partial charge on any atom is 0.410 e. The Labute approximate surface area is 185 Å². The lowest BCUT2D eigenvalue weighted by Crippen LogP contribution is -2.61. The van der Waals surface area contributed by atoms with E-state index in [1.165, 1.54) is 23.1 Å². The first kappa shape index (κ1) is 20.6. The number of nitrogens with zero attached hydrogens (tertiary/aromatic N) is 4. The van der Waals surface area contributed by atoms with Gasteiger partial charge < -0.3 is 9.64 Å². The van der Waals surface area contributed by atoms with Crippen LogP contribution in [0.5, 0.6) is 0 Å². The minimum absolute atomic E-state index is 0.00264. The van der Waals surface area contributed by atoms with Crippen LogP contribution in [-0.4, -0.2) is 58.0 Å². The number of carbonyl (C=O) groups excluding carboxylic acids is 1. The van der Waals surface area contributed by atoms with Crippen LogP contribution in [0.4, 0.5) is 4.79 Å². The van der Waals surface area contributed by atoms with Crippen LogP contribution in [0, 0.1) is 12.3 Å². The fourth-order valence-electron chi connectivity index (χ4n) is 5.50. The second-order valence-electron chi connectivity index (χ2n) is 9.89. The number of fused-ring (bicyclic) bond motifs is 1. The van der Waals surface area contributed by atoms with E-state index in [1.54, 1.807) is 0 Å². The molecule has 2 atom stereocenters. The molecule has 2 fully saturated rings. The van der Waals surface area contributed by atoms with Crippen molar-refractivity contribution < 1.29 is 9.53 Å². The second-order valence-corrected chi connectivity index (χ2v) is 9.89. The zero-order valence-corrected chi connectivity index (χ0v) is 19.0. The lowest BCUT2D eigenvalue weighted by Gasteiger charge is -2.56. The summed E-state index contributed by atoms with van der Waals surface area (Å²) in [6.45, 7) is 10.1. The molecule has 5 rings (SSSR count). The molecule has 1 aromatic heterocycles. The highest BCUT2D eigenvalue weighted by molar-refractivity contribution is 5.68. The maximum atomic E-state index is 12.3. The topological polar surface area (TPSA) is 50.6 Å². The van der Waals surface area contributed by atoms with Gasteiger partial charge in [-0.2, -0.15) is 5.10 Å². The second kappa shape index (κ2) is 7.97. The number of rotatable bonds is 4. The van der Waals surface area contributed by atoms with Gasteiger partial charge in [0.1, 0.15) is 6.10 Å². The Morgan fingerprint density at radius 2 is 2.06 bits per heavy atom. The third-order valence-corrected chi connectivity index (χ3v) is 7.63. The van der Waals surface area contributed by atoms with Gasteiger partial charge in [0.2, 0.25) is 0 Å². The number of benzene rings is 1. The first-order chi connectivity index (χ1) is 15.0. The molecule has 0 bridgehead atoms. The summed E-state index contributed by atoms with van der Waals surface area (Å²) in [5, 5.41) is 4.46. The Hall–Kier alpha value is -2.34. The molecule has 166 valence electrons. The van der Waals surface area contributed by atoms with E-state index in [-0.39, 0.29) is 12.2 Å². The Bertz CT molecular complexity index is 952. The molecule has 2 aliphatic heterocycles. The highest BCUT2D eigenvalue weighted by Gasteiger charge is 2.48. The van der Waals surface area contributed by atoms with Crippen LogP contribution in [0.25, 0.3) is 5.69 Å².